The first-order chi connectivity index (χ1) is 16.3. The molecule has 0 unspecified atom stereocenters. The minimum atomic E-state index is -3.61. The number of aromatic nitrogens is 2. The van der Waals surface area contributed by atoms with E-state index >= 15 is 0 Å². The topological polar surface area (TPSA) is 101 Å². The van der Waals surface area contributed by atoms with Crippen LogP contribution < -0.4 is 10.7 Å². The number of piperidine rings is 1. The summed E-state index contributed by atoms with van der Waals surface area (Å²) < 4.78 is 29.3. The molecule has 2 aromatic carbocycles. The van der Waals surface area contributed by atoms with E-state index in [9.17, 15) is 18.0 Å². The van der Waals surface area contributed by atoms with E-state index in [0.717, 1.165) is 36.9 Å². The monoisotopic (exact) mass is 480 g/mol. The molecule has 2 heterocycles. The van der Waals surface area contributed by atoms with Gasteiger partial charge in [0.25, 0.3) is 5.91 Å². The summed E-state index contributed by atoms with van der Waals surface area (Å²) in [5, 5.41) is 6.84. The molecule has 1 atom stereocenters. The summed E-state index contributed by atoms with van der Waals surface area (Å²) in [4.78, 5) is 25.2. The first-order valence-corrected chi connectivity index (χ1v) is 12.8. The van der Waals surface area contributed by atoms with Crippen LogP contribution in [-0.4, -0.2) is 41.0 Å². The Balaban J connectivity index is 1.53. The van der Waals surface area contributed by atoms with E-state index in [0.29, 0.717) is 12.2 Å². The maximum absolute atomic E-state index is 13.1. The molecule has 3 aromatic rings. The molecule has 1 aromatic heterocycles. The highest BCUT2D eigenvalue weighted by molar-refractivity contribution is 7.89. The summed E-state index contributed by atoms with van der Waals surface area (Å²) >= 11 is 0. The molecule has 34 heavy (non-hydrogen) atoms. The molecule has 0 bridgehead atoms. The molecular weight excluding hydrogens is 452 g/mol. The predicted octanol–water partition coefficient (Wildman–Crippen LogP) is 3.75. The number of nitrogens with one attached hydrogen (secondary N) is 1. The van der Waals surface area contributed by atoms with Crippen molar-refractivity contribution in [2.45, 2.75) is 50.5 Å². The lowest BCUT2D eigenvalue weighted by atomic mass is 10.0. The van der Waals surface area contributed by atoms with Crippen LogP contribution in [0.3, 0.4) is 0 Å². The van der Waals surface area contributed by atoms with Crippen molar-refractivity contribution in [2.24, 2.45) is 0 Å². The van der Waals surface area contributed by atoms with Gasteiger partial charge < -0.3 is 5.32 Å². The van der Waals surface area contributed by atoms with Gasteiger partial charge in [-0.15, -0.1) is 0 Å². The number of benzene rings is 2. The Kier molecular flexibility index (Phi) is 6.95. The number of amides is 1. The number of hydrogen-bond acceptors (Lipinski definition) is 5. The molecule has 8 nitrogen and oxygen atoms in total. The number of anilines is 1. The summed E-state index contributed by atoms with van der Waals surface area (Å²) in [5.74, 6) is -0.663. The van der Waals surface area contributed by atoms with E-state index < -0.39 is 21.4 Å². The molecule has 0 saturated carbocycles. The van der Waals surface area contributed by atoms with E-state index in [-0.39, 0.29) is 16.6 Å². The van der Waals surface area contributed by atoms with Gasteiger partial charge in [-0.25, -0.2) is 13.1 Å². The normalized spacial score (nSPS) is 16.8. The SMILES string of the molecule is CC[C@H]1CCCCN1S(=O)(=O)c1ccc(NC(=O)c2nn(-c3ccc(C)cc3)ccc2=O)cc1. The molecule has 1 aliphatic heterocycles. The van der Waals surface area contributed by atoms with Crippen molar-refractivity contribution in [1.82, 2.24) is 14.1 Å². The van der Waals surface area contributed by atoms with E-state index in [1.54, 1.807) is 4.31 Å². The first-order valence-electron chi connectivity index (χ1n) is 11.4. The number of nitrogens with zero attached hydrogens (tertiary/aromatic N) is 3. The number of hydrogen-bond donors (Lipinski definition) is 1. The van der Waals surface area contributed by atoms with Crippen molar-refractivity contribution in [2.75, 3.05) is 11.9 Å². The first kappa shape index (κ1) is 23.8. The summed E-state index contributed by atoms with van der Waals surface area (Å²) in [5.41, 5.74) is 1.42. The standard InChI is InChI=1S/C25H28N4O4S/c1-3-20-6-4-5-16-29(20)34(32,33)22-13-9-19(10-14-22)26-25(31)24-23(30)15-17-28(27-24)21-11-7-18(2)8-12-21/h7-15,17,20H,3-6,16H2,1-2H3,(H,26,31)/t20-/m0/s1. The Morgan fingerprint density at radius 2 is 1.76 bits per heavy atom. The zero-order chi connectivity index (χ0) is 24.3. The molecule has 1 N–H and O–H groups in total. The average Bonchev–Trinajstić information content (AvgIpc) is 2.85. The van der Waals surface area contributed by atoms with E-state index in [1.165, 1.54) is 41.2 Å². The highest BCUT2D eigenvalue weighted by Crippen LogP contribution is 2.27. The van der Waals surface area contributed by atoms with Gasteiger partial charge in [-0.1, -0.05) is 31.0 Å². The van der Waals surface area contributed by atoms with E-state index in [1.807, 2.05) is 38.1 Å². The van der Waals surface area contributed by atoms with Crippen LogP contribution in [-0.2, 0) is 10.0 Å². The molecule has 4 rings (SSSR count). The molecule has 1 aliphatic rings. The van der Waals surface area contributed by atoms with Gasteiger partial charge in [0.05, 0.1) is 10.6 Å². The van der Waals surface area contributed by atoms with Crippen LogP contribution in [0.5, 0.6) is 0 Å². The van der Waals surface area contributed by atoms with E-state index in [2.05, 4.69) is 10.4 Å². The third-order valence-electron chi connectivity index (χ3n) is 6.08. The second-order valence-corrected chi connectivity index (χ2v) is 10.4. The molecule has 0 spiro atoms. The van der Waals surface area contributed by atoms with Gasteiger partial charge in [-0.05, 0) is 62.6 Å². The molecule has 1 fully saturated rings. The number of rotatable bonds is 6. The van der Waals surface area contributed by atoms with Crippen molar-refractivity contribution in [3.63, 3.8) is 0 Å². The van der Waals surface area contributed by atoms with Crippen LogP contribution in [0.15, 0.2) is 70.5 Å². The molecule has 9 heteroatoms. The van der Waals surface area contributed by atoms with Gasteiger partial charge in [-0.2, -0.15) is 9.40 Å². The van der Waals surface area contributed by atoms with Gasteiger partial charge >= 0.3 is 0 Å². The lowest BCUT2D eigenvalue weighted by molar-refractivity contribution is 0.101. The van der Waals surface area contributed by atoms with Crippen molar-refractivity contribution < 1.29 is 13.2 Å². The lowest BCUT2D eigenvalue weighted by Gasteiger charge is -2.34. The van der Waals surface area contributed by atoms with Crippen LogP contribution in [0, 0.1) is 6.92 Å². The van der Waals surface area contributed by atoms with E-state index in [4.69, 9.17) is 0 Å². The summed E-state index contributed by atoms with van der Waals surface area (Å²) in [6, 6.07) is 14.8. The smallest absolute Gasteiger partial charge is 0.280 e. The zero-order valence-electron chi connectivity index (χ0n) is 19.3. The predicted molar refractivity (Wildman–Crippen MR) is 131 cm³/mol. The van der Waals surface area contributed by atoms with Crippen molar-refractivity contribution >= 4 is 21.6 Å². The van der Waals surface area contributed by atoms with Crippen LogP contribution in [0.2, 0.25) is 0 Å². The Bertz CT molecular complexity index is 1330. The summed E-state index contributed by atoms with van der Waals surface area (Å²) in [7, 11) is -3.61. The Morgan fingerprint density at radius 1 is 1.06 bits per heavy atom. The van der Waals surface area contributed by atoms with Gasteiger partial charge in [0, 0.05) is 30.5 Å². The van der Waals surface area contributed by atoms with Crippen LogP contribution in [0.1, 0.15) is 48.7 Å². The molecule has 0 radical (unpaired) electrons. The highest BCUT2D eigenvalue weighted by Gasteiger charge is 2.32. The fourth-order valence-electron chi connectivity index (χ4n) is 4.14. The van der Waals surface area contributed by atoms with Gasteiger partial charge in [0.1, 0.15) is 0 Å². The van der Waals surface area contributed by atoms with Gasteiger partial charge in [-0.3, -0.25) is 9.59 Å². The molecule has 1 amide bonds. The van der Waals surface area contributed by atoms with Gasteiger partial charge in [0.2, 0.25) is 15.5 Å². The maximum atomic E-state index is 13.1. The lowest BCUT2D eigenvalue weighted by Crippen LogP contribution is -2.43. The second kappa shape index (κ2) is 9.90. The Labute approximate surface area is 199 Å². The number of carbonyl (C=O) groups is 1. The maximum Gasteiger partial charge on any atom is 0.280 e. The highest BCUT2D eigenvalue weighted by atomic mass is 32.2. The quantitative estimate of drug-likeness (QED) is 0.579. The zero-order valence-corrected chi connectivity index (χ0v) is 20.1. The molecule has 0 aliphatic carbocycles. The van der Waals surface area contributed by atoms with Crippen LogP contribution >= 0.6 is 0 Å². The Hall–Kier alpha value is -3.30. The Morgan fingerprint density at radius 3 is 2.44 bits per heavy atom. The fraction of sp³-hybridized carbons (Fsp3) is 0.320. The number of aryl methyl sites for hydroxylation is 1. The minimum absolute atomic E-state index is 0.0120. The van der Waals surface area contributed by atoms with Crippen molar-refractivity contribution in [1.29, 1.82) is 0 Å². The summed E-state index contributed by atoms with van der Waals surface area (Å²) in [6.07, 6.45) is 5.04. The fourth-order valence-corrected chi connectivity index (χ4v) is 5.91. The average molecular weight is 481 g/mol. The molecule has 1 saturated heterocycles. The van der Waals surface area contributed by atoms with Crippen molar-refractivity contribution in [3.8, 4) is 5.69 Å². The third-order valence-corrected chi connectivity index (χ3v) is 8.05. The van der Waals surface area contributed by atoms with Crippen molar-refractivity contribution in [3.05, 3.63) is 82.3 Å². The number of carbonyl (C=O) groups excluding carboxylic acids is 1. The largest absolute Gasteiger partial charge is 0.320 e. The van der Waals surface area contributed by atoms with Crippen LogP contribution in [0.25, 0.3) is 5.69 Å². The summed E-state index contributed by atoms with van der Waals surface area (Å²) in [6.45, 7) is 4.49. The molecular formula is C25H28N4O4S. The van der Waals surface area contributed by atoms with Gasteiger partial charge in [0.15, 0.2) is 5.69 Å². The third kappa shape index (κ3) is 4.95. The second-order valence-electron chi connectivity index (χ2n) is 8.46. The minimum Gasteiger partial charge on any atom is -0.320 e. The van der Waals surface area contributed by atoms with Crippen LogP contribution in [0.4, 0.5) is 5.69 Å². The molecule has 178 valence electrons. The number of sulfonamides is 1.